The minimum Gasteiger partial charge on any atom is -0.444 e. The summed E-state index contributed by atoms with van der Waals surface area (Å²) >= 11 is 0. The molecule has 0 bridgehead atoms. The zero-order valence-electron chi connectivity index (χ0n) is 23.3. The van der Waals surface area contributed by atoms with Gasteiger partial charge in [0.2, 0.25) is 0 Å². The Labute approximate surface area is 226 Å². The molecule has 0 aliphatic carbocycles. The number of ether oxygens (including phenoxy) is 1. The lowest BCUT2D eigenvalue weighted by atomic mass is 10.0. The number of amides is 2. The Hall–Kier alpha value is -4.21. The molecule has 4 aromatic rings. The first-order chi connectivity index (χ1) is 18.4. The van der Waals surface area contributed by atoms with Gasteiger partial charge >= 0.3 is 6.09 Å². The number of aryl methyl sites for hydroxylation is 1. The molecule has 1 fully saturated rings. The first-order valence-electron chi connectivity index (χ1n) is 13.1. The molecule has 0 radical (unpaired) electrons. The van der Waals surface area contributed by atoms with E-state index in [0.717, 1.165) is 16.6 Å². The van der Waals surface area contributed by atoms with E-state index in [9.17, 15) is 14.4 Å². The van der Waals surface area contributed by atoms with Crippen molar-refractivity contribution >= 4 is 28.4 Å². The number of likely N-dealkylation sites (tertiary alicyclic amines) is 1. The maximum absolute atomic E-state index is 13.5. The number of carbonyl (C=O) groups is 2. The number of carbonyl (C=O) groups excluding carboxylic acids is 2. The molecule has 0 unspecified atom stereocenters. The number of hydrogen-bond acceptors (Lipinski definition) is 6. The predicted molar refractivity (Wildman–Crippen MR) is 149 cm³/mol. The normalized spacial score (nSPS) is 14.7. The lowest BCUT2D eigenvalue weighted by molar-refractivity contribution is 0.0187. The Morgan fingerprint density at radius 1 is 1.08 bits per heavy atom. The molecule has 0 saturated carbocycles. The highest BCUT2D eigenvalue weighted by molar-refractivity contribution is 6.00. The van der Waals surface area contributed by atoms with Gasteiger partial charge in [-0.15, -0.1) is 0 Å². The maximum atomic E-state index is 13.5. The van der Waals surface area contributed by atoms with E-state index >= 15 is 0 Å². The highest BCUT2D eigenvalue weighted by Crippen LogP contribution is 2.27. The van der Waals surface area contributed by atoms with Crippen LogP contribution in [-0.2, 0) is 4.74 Å². The van der Waals surface area contributed by atoms with Gasteiger partial charge in [-0.2, -0.15) is 5.10 Å². The molecule has 1 aliphatic heterocycles. The van der Waals surface area contributed by atoms with Crippen molar-refractivity contribution in [2.45, 2.75) is 52.2 Å². The number of benzene rings is 1. The summed E-state index contributed by atoms with van der Waals surface area (Å²) in [5, 5.41) is 6.10. The van der Waals surface area contributed by atoms with Crippen molar-refractivity contribution in [1.29, 1.82) is 0 Å². The number of pyridine rings is 1. The van der Waals surface area contributed by atoms with Gasteiger partial charge in [0.15, 0.2) is 5.65 Å². The first-order valence-corrected chi connectivity index (χ1v) is 13.1. The fourth-order valence-corrected chi connectivity index (χ4v) is 4.99. The van der Waals surface area contributed by atoms with Crippen molar-refractivity contribution in [3.05, 3.63) is 64.3 Å². The fraction of sp³-hybridized carbons (Fsp3) is 0.414. The summed E-state index contributed by atoms with van der Waals surface area (Å²) in [5.74, 6) is -0.157. The van der Waals surface area contributed by atoms with Gasteiger partial charge in [-0.25, -0.2) is 14.3 Å². The second kappa shape index (κ2) is 9.83. The number of rotatable bonds is 3. The Balaban J connectivity index is 1.43. The fourth-order valence-electron chi connectivity index (χ4n) is 4.99. The average Bonchev–Trinajstić information content (AvgIpc) is 3.27. The zero-order chi connectivity index (χ0) is 28.1. The zero-order valence-corrected chi connectivity index (χ0v) is 23.3. The van der Waals surface area contributed by atoms with Crippen LogP contribution in [0.4, 0.5) is 4.79 Å². The minimum atomic E-state index is -0.537. The van der Waals surface area contributed by atoms with Gasteiger partial charge < -0.3 is 19.1 Å². The summed E-state index contributed by atoms with van der Waals surface area (Å²) in [5.41, 5.74) is 2.56. The molecule has 1 saturated heterocycles. The molecule has 39 heavy (non-hydrogen) atoms. The molecule has 3 aromatic heterocycles. The minimum absolute atomic E-state index is 0.00780. The van der Waals surface area contributed by atoms with Crippen LogP contribution < -0.4 is 5.56 Å². The Kier molecular flexibility index (Phi) is 6.65. The SMILES string of the molecule is Cc1cn2nc(-c3ccc4c(=O)n(C5CCN(C(=O)OC(C)(C)C)CC5)ccc4c3)cc(C(=O)N(C)C)c2n1. The molecule has 0 atom stereocenters. The molecule has 1 aromatic carbocycles. The van der Waals surface area contributed by atoms with Crippen LogP contribution in [0.5, 0.6) is 0 Å². The average molecular weight is 531 g/mol. The van der Waals surface area contributed by atoms with Crippen molar-refractivity contribution < 1.29 is 14.3 Å². The van der Waals surface area contributed by atoms with Gasteiger partial charge in [0, 0.05) is 50.4 Å². The van der Waals surface area contributed by atoms with Crippen LogP contribution >= 0.6 is 0 Å². The lowest BCUT2D eigenvalue weighted by Crippen LogP contribution is -2.43. The smallest absolute Gasteiger partial charge is 0.410 e. The highest BCUT2D eigenvalue weighted by atomic mass is 16.6. The number of hydrogen-bond donors (Lipinski definition) is 0. The summed E-state index contributed by atoms with van der Waals surface area (Å²) in [6.45, 7) is 8.51. The number of fused-ring (bicyclic) bond motifs is 2. The van der Waals surface area contributed by atoms with E-state index in [1.165, 1.54) is 4.90 Å². The molecule has 10 nitrogen and oxygen atoms in total. The number of imidazole rings is 1. The molecule has 0 N–H and O–H groups in total. The van der Waals surface area contributed by atoms with Gasteiger partial charge in [-0.05, 0) is 70.2 Å². The monoisotopic (exact) mass is 530 g/mol. The van der Waals surface area contributed by atoms with Crippen LogP contribution in [-0.4, -0.2) is 73.8 Å². The van der Waals surface area contributed by atoms with E-state index in [1.54, 1.807) is 40.3 Å². The molecule has 0 spiro atoms. The number of piperidine rings is 1. The van der Waals surface area contributed by atoms with Crippen molar-refractivity contribution in [1.82, 2.24) is 29.0 Å². The van der Waals surface area contributed by atoms with Gasteiger partial charge in [0.25, 0.3) is 11.5 Å². The Bertz CT molecular complexity index is 1640. The largest absolute Gasteiger partial charge is 0.444 e. The van der Waals surface area contributed by atoms with E-state index in [0.29, 0.717) is 48.2 Å². The number of aromatic nitrogens is 4. The molecule has 4 heterocycles. The molecule has 10 heteroatoms. The Morgan fingerprint density at radius 3 is 2.46 bits per heavy atom. The van der Waals surface area contributed by atoms with Gasteiger partial charge in [0.1, 0.15) is 5.60 Å². The summed E-state index contributed by atoms with van der Waals surface area (Å²) in [7, 11) is 3.41. The van der Waals surface area contributed by atoms with Crippen LogP contribution in [0, 0.1) is 6.92 Å². The van der Waals surface area contributed by atoms with E-state index in [-0.39, 0.29) is 23.6 Å². The number of nitrogens with zero attached hydrogens (tertiary/aromatic N) is 6. The van der Waals surface area contributed by atoms with Crippen molar-refractivity contribution in [3.63, 3.8) is 0 Å². The standard InChI is InChI=1S/C29H34N6O4/c1-18-17-35-25(30-18)23(26(36)32(5)6)16-24(31-35)20-7-8-22-19(15-20)9-14-34(27(22)37)21-10-12-33(13-11-21)28(38)39-29(2,3)4/h7-9,14-17,21H,10-13H2,1-6H3. The molecule has 2 amide bonds. The van der Waals surface area contributed by atoms with Gasteiger partial charge in [-0.1, -0.05) is 6.07 Å². The van der Waals surface area contributed by atoms with Gasteiger partial charge in [0.05, 0.1) is 23.1 Å². The van der Waals surface area contributed by atoms with Crippen LogP contribution in [0.1, 0.15) is 55.7 Å². The summed E-state index contributed by atoms with van der Waals surface area (Å²) in [4.78, 5) is 46.5. The van der Waals surface area contributed by atoms with Gasteiger partial charge in [-0.3, -0.25) is 9.59 Å². The third-order valence-corrected chi connectivity index (χ3v) is 6.92. The van der Waals surface area contributed by atoms with Crippen molar-refractivity contribution in [2.75, 3.05) is 27.2 Å². The van der Waals surface area contributed by atoms with E-state index in [4.69, 9.17) is 4.74 Å². The molecule has 204 valence electrons. The van der Waals surface area contributed by atoms with Crippen LogP contribution in [0.15, 0.2) is 47.5 Å². The van der Waals surface area contributed by atoms with Crippen LogP contribution in [0.2, 0.25) is 0 Å². The van der Waals surface area contributed by atoms with E-state index in [1.807, 2.05) is 58.2 Å². The third kappa shape index (κ3) is 5.23. The Morgan fingerprint density at radius 2 is 1.79 bits per heavy atom. The van der Waals surface area contributed by atoms with E-state index < -0.39 is 5.60 Å². The van der Waals surface area contributed by atoms with Crippen LogP contribution in [0.25, 0.3) is 27.7 Å². The van der Waals surface area contributed by atoms with Crippen molar-refractivity contribution in [3.8, 4) is 11.3 Å². The van der Waals surface area contributed by atoms with Crippen LogP contribution in [0.3, 0.4) is 0 Å². The third-order valence-electron chi connectivity index (χ3n) is 6.92. The van der Waals surface area contributed by atoms with Crippen molar-refractivity contribution in [2.24, 2.45) is 0 Å². The molecule has 5 rings (SSSR count). The van der Waals surface area contributed by atoms with E-state index in [2.05, 4.69) is 10.1 Å². The quantitative estimate of drug-likeness (QED) is 0.392. The summed E-state index contributed by atoms with van der Waals surface area (Å²) in [6, 6.07) is 9.30. The first kappa shape index (κ1) is 26.4. The topological polar surface area (TPSA) is 102 Å². The summed E-state index contributed by atoms with van der Waals surface area (Å²) in [6.07, 6.45) is 4.67. The predicted octanol–water partition coefficient (Wildman–Crippen LogP) is 4.29. The molecule has 1 aliphatic rings. The summed E-state index contributed by atoms with van der Waals surface area (Å²) < 4.78 is 8.90. The highest BCUT2D eigenvalue weighted by Gasteiger charge is 2.28. The second-order valence-corrected chi connectivity index (χ2v) is 11.3. The lowest BCUT2D eigenvalue weighted by Gasteiger charge is -2.34. The maximum Gasteiger partial charge on any atom is 0.410 e. The molecular weight excluding hydrogens is 496 g/mol. The molecular formula is C29H34N6O4. The second-order valence-electron chi connectivity index (χ2n) is 11.3.